The van der Waals surface area contributed by atoms with Gasteiger partial charge < -0.3 is 14.6 Å². The van der Waals surface area contributed by atoms with Gasteiger partial charge in [-0.3, -0.25) is 0 Å². The van der Waals surface area contributed by atoms with Gasteiger partial charge in [-0.05, 0) is 12.8 Å². The molecule has 0 aromatic rings. The van der Waals surface area contributed by atoms with E-state index in [0.29, 0.717) is 6.61 Å². The van der Waals surface area contributed by atoms with Crippen LogP contribution in [0.1, 0.15) is 12.8 Å². The number of rotatable bonds is 2. The van der Waals surface area contributed by atoms with Crippen LogP contribution in [-0.4, -0.2) is 30.7 Å². The maximum Gasteiger partial charge on any atom is 0.125 e. The molecule has 2 atom stereocenters. The van der Waals surface area contributed by atoms with Gasteiger partial charge in [0.25, 0.3) is 0 Å². The number of ether oxygens (including phenoxy) is 1. The highest BCUT2D eigenvalue weighted by atomic mass is 16.5. The highest BCUT2D eigenvalue weighted by Crippen LogP contribution is 2.16. The normalized spacial score (nSPS) is 33.7. The summed E-state index contributed by atoms with van der Waals surface area (Å²) in [5.74, 6) is 0.0581. The van der Waals surface area contributed by atoms with Crippen LogP contribution in [0, 0.1) is 5.92 Å². The van der Waals surface area contributed by atoms with Crippen LogP contribution >= 0.6 is 0 Å². The second-order valence-electron chi connectivity index (χ2n) is 2.61. The van der Waals surface area contributed by atoms with E-state index in [0.717, 1.165) is 19.1 Å². The van der Waals surface area contributed by atoms with Gasteiger partial charge >= 0.3 is 0 Å². The van der Waals surface area contributed by atoms with Gasteiger partial charge in [-0.2, -0.15) is 0 Å². The number of hydrogen-bond acceptors (Lipinski definition) is 3. The summed E-state index contributed by atoms with van der Waals surface area (Å²) in [5, 5.41) is 8.64. The van der Waals surface area contributed by atoms with Crippen molar-refractivity contribution < 1.29 is 14.6 Å². The minimum absolute atomic E-state index is 0.0313. The van der Waals surface area contributed by atoms with E-state index in [-0.39, 0.29) is 18.6 Å². The average molecular weight is 144 g/mol. The van der Waals surface area contributed by atoms with E-state index < -0.39 is 0 Å². The van der Waals surface area contributed by atoms with Gasteiger partial charge in [0.05, 0.1) is 19.3 Å². The summed E-state index contributed by atoms with van der Waals surface area (Å²) in [5.41, 5.74) is 0. The van der Waals surface area contributed by atoms with E-state index in [2.05, 4.69) is 0 Å². The van der Waals surface area contributed by atoms with Crippen LogP contribution < -0.4 is 0 Å². The fourth-order valence-electron chi connectivity index (χ4n) is 1.08. The van der Waals surface area contributed by atoms with Crippen molar-refractivity contribution in [1.82, 2.24) is 0 Å². The van der Waals surface area contributed by atoms with Gasteiger partial charge in [0.15, 0.2) is 0 Å². The Kier molecular flexibility index (Phi) is 2.83. The Morgan fingerprint density at radius 1 is 1.60 bits per heavy atom. The highest BCUT2D eigenvalue weighted by molar-refractivity contribution is 5.53. The Balaban J connectivity index is 2.23. The summed E-state index contributed by atoms with van der Waals surface area (Å²) >= 11 is 0. The van der Waals surface area contributed by atoms with E-state index in [1.807, 2.05) is 0 Å². The molecule has 0 aromatic carbocycles. The molecule has 1 N–H and O–H groups in total. The summed E-state index contributed by atoms with van der Waals surface area (Å²) in [6.45, 7) is 0.556. The minimum Gasteiger partial charge on any atom is -0.394 e. The maximum absolute atomic E-state index is 10.2. The van der Waals surface area contributed by atoms with Crippen molar-refractivity contribution >= 4 is 6.29 Å². The van der Waals surface area contributed by atoms with Crippen LogP contribution in [0.4, 0.5) is 0 Å². The van der Waals surface area contributed by atoms with Crippen molar-refractivity contribution in [3.63, 3.8) is 0 Å². The van der Waals surface area contributed by atoms with Crippen molar-refractivity contribution in [2.75, 3.05) is 13.2 Å². The SMILES string of the molecule is O=CC1CCC(CO)OC1. The fraction of sp³-hybridized carbons (Fsp3) is 0.857. The zero-order valence-corrected chi connectivity index (χ0v) is 5.82. The Labute approximate surface area is 60.0 Å². The first-order valence-corrected chi connectivity index (χ1v) is 3.54. The van der Waals surface area contributed by atoms with Crippen LogP contribution in [0.25, 0.3) is 0 Å². The molecule has 0 aromatic heterocycles. The molecule has 0 amide bonds. The van der Waals surface area contributed by atoms with Gasteiger partial charge in [0.1, 0.15) is 6.29 Å². The second-order valence-corrected chi connectivity index (χ2v) is 2.61. The molecule has 0 spiro atoms. The summed E-state index contributed by atoms with van der Waals surface area (Å²) in [4.78, 5) is 10.2. The molecule has 3 heteroatoms. The zero-order valence-electron chi connectivity index (χ0n) is 5.82. The van der Waals surface area contributed by atoms with Crippen LogP contribution in [0.5, 0.6) is 0 Å². The molecule has 1 saturated heterocycles. The third-order valence-corrected chi connectivity index (χ3v) is 1.80. The van der Waals surface area contributed by atoms with Gasteiger partial charge in [0, 0.05) is 5.92 Å². The molecule has 1 aliphatic heterocycles. The molecule has 58 valence electrons. The second kappa shape index (κ2) is 3.68. The van der Waals surface area contributed by atoms with E-state index >= 15 is 0 Å². The molecule has 1 aliphatic rings. The van der Waals surface area contributed by atoms with Crippen LogP contribution in [0.15, 0.2) is 0 Å². The molecular formula is C7H12O3. The van der Waals surface area contributed by atoms with Crippen LogP contribution in [-0.2, 0) is 9.53 Å². The first kappa shape index (κ1) is 7.69. The molecule has 1 rings (SSSR count). The summed E-state index contributed by atoms with van der Waals surface area (Å²) in [6, 6.07) is 0. The molecule has 0 radical (unpaired) electrons. The molecule has 0 bridgehead atoms. The van der Waals surface area contributed by atoms with Crippen LogP contribution in [0.2, 0.25) is 0 Å². The Morgan fingerprint density at radius 3 is 2.80 bits per heavy atom. The Hall–Kier alpha value is -0.410. The largest absolute Gasteiger partial charge is 0.394 e. The van der Waals surface area contributed by atoms with Crippen molar-refractivity contribution in [1.29, 1.82) is 0 Å². The topological polar surface area (TPSA) is 46.5 Å². The first-order valence-electron chi connectivity index (χ1n) is 3.54. The summed E-state index contributed by atoms with van der Waals surface area (Å²) < 4.78 is 5.15. The lowest BCUT2D eigenvalue weighted by Crippen LogP contribution is -2.28. The molecule has 0 aliphatic carbocycles. The van der Waals surface area contributed by atoms with E-state index in [4.69, 9.17) is 9.84 Å². The third kappa shape index (κ3) is 1.78. The predicted molar refractivity (Wildman–Crippen MR) is 35.6 cm³/mol. The molecule has 2 unspecified atom stereocenters. The average Bonchev–Trinajstić information content (AvgIpc) is 2.05. The minimum atomic E-state index is -0.0313. The quantitative estimate of drug-likeness (QED) is 0.554. The maximum atomic E-state index is 10.2. The monoisotopic (exact) mass is 144 g/mol. The number of aliphatic hydroxyl groups excluding tert-OH is 1. The zero-order chi connectivity index (χ0) is 7.40. The van der Waals surface area contributed by atoms with Gasteiger partial charge in [-0.1, -0.05) is 0 Å². The van der Waals surface area contributed by atoms with Crippen molar-refractivity contribution in [2.24, 2.45) is 5.92 Å². The van der Waals surface area contributed by atoms with Gasteiger partial charge in [0.2, 0.25) is 0 Å². The number of carbonyl (C=O) groups is 1. The standard InChI is InChI=1S/C7H12O3/c8-3-6-1-2-7(4-9)10-5-6/h3,6-7,9H,1-2,4-5H2. The highest BCUT2D eigenvalue weighted by Gasteiger charge is 2.19. The molecule has 1 heterocycles. The Bertz CT molecular complexity index is 105. The van der Waals surface area contributed by atoms with Crippen molar-refractivity contribution in [3.8, 4) is 0 Å². The molecule has 10 heavy (non-hydrogen) atoms. The van der Waals surface area contributed by atoms with Gasteiger partial charge in [-0.15, -0.1) is 0 Å². The summed E-state index contributed by atoms with van der Waals surface area (Å²) in [7, 11) is 0. The van der Waals surface area contributed by atoms with Crippen molar-refractivity contribution in [3.05, 3.63) is 0 Å². The lowest BCUT2D eigenvalue weighted by atomic mass is 10.0. The molecule has 1 fully saturated rings. The van der Waals surface area contributed by atoms with Crippen LogP contribution in [0.3, 0.4) is 0 Å². The first-order chi connectivity index (χ1) is 4.86. The number of aldehydes is 1. The van der Waals surface area contributed by atoms with Crippen molar-refractivity contribution in [2.45, 2.75) is 18.9 Å². The molecule has 3 nitrogen and oxygen atoms in total. The predicted octanol–water partition coefficient (Wildman–Crippen LogP) is -0.0272. The van der Waals surface area contributed by atoms with E-state index in [1.54, 1.807) is 0 Å². The van der Waals surface area contributed by atoms with E-state index in [1.165, 1.54) is 0 Å². The summed E-state index contributed by atoms with van der Waals surface area (Å²) in [6.07, 6.45) is 2.55. The molecule has 0 saturated carbocycles. The lowest BCUT2D eigenvalue weighted by Gasteiger charge is -2.24. The number of carbonyl (C=O) groups excluding carboxylic acids is 1. The smallest absolute Gasteiger partial charge is 0.125 e. The molecular weight excluding hydrogens is 132 g/mol. The number of aliphatic hydroxyl groups is 1. The fourth-order valence-corrected chi connectivity index (χ4v) is 1.08. The lowest BCUT2D eigenvalue weighted by molar-refractivity contribution is -0.118. The third-order valence-electron chi connectivity index (χ3n) is 1.80. The Morgan fingerprint density at radius 2 is 2.40 bits per heavy atom. The number of hydrogen-bond donors (Lipinski definition) is 1. The van der Waals surface area contributed by atoms with E-state index in [9.17, 15) is 4.79 Å². The van der Waals surface area contributed by atoms with Gasteiger partial charge in [-0.25, -0.2) is 0 Å².